The van der Waals surface area contributed by atoms with E-state index >= 15 is 0 Å². The van der Waals surface area contributed by atoms with Gasteiger partial charge in [-0.15, -0.1) is 0 Å². The second-order valence-corrected chi connectivity index (χ2v) is 7.82. The molecule has 3 aromatic carbocycles. The molecular formula is C29H31N3O4. The first kappa shape index (κ1) is 26.1. The minimum Gasteiger partial charge on any atom is -0.454 e. The third kappa shape index (κ3) is 7.77. The zero-order valence-corrected chi connectivity index (χ0v) is 20.5. The number of aryl methyl sites for hydroxylation is 1. The summed E-state index contributed by atoms with van der Waals surface area (Å²) in [7, 11) is 1.56. The van der Waals surface area contributed by atoms with Gasteiger partial charge in [-0.25, -0.2) is 0 Å². The highest BCUT2D eigenvalue weighted by atomic mass is 16.7. The summed E-state index contributed by atoms with van der Waals surface area (Å²) in [5.41, 5.74) is 4.61. The maximum absolute atomic E-state index is 11.9. The van der Waals surface area contributed by atoms with Gasteiger partial charge in [-0.3, -0.25) is 9.59 Å². The number of carbonyl (C=O) groups is 2. The fraction of sp³-hybridized carbons (Fsp3) is 0.172. The number of aromatic amines is 1. The number of carbonyl (C=O) groups excluding carboxylic acids is 2. The molecule has 0 fully saturated rings. The Labute approximate surface area is 211 Å². The quantitative estimate of drug-likeness (QED) is 0.274. The lowest BCUT2D eigenvalue weighted by molar-refractivity contribution is -0.116. The molecule has 0 radical (unpaired) electrons. The second-order valence-electron chi connectivity index (χ2n) is 7.82. The Hall–Kier alpha value is -4.52. The van der Waals surface area contributed by atoms with Gasteiger partial charge in [0.15, 0.2) is 11.5 Å². The van der Waals surface area contributed by atoms with Gasteiger partial charge in [-0.05, 0) is 48.7 Å². The van der Waals surface area contributed by atoms with E-state index < -0.39 is 0 Å². The number of hydrogen-bond donors (Lipinski definition) is 3. The summed E-state index contributed by atoms with van der Waals surface area (Å²) in [6.45, 7) is 3.06. The first-order chi connectivity index (χ1) is 17.6. The molecule has 1 aromatic heterocycles. The normalized spacial score (nSPS) is 11.2. The maximum Gasteiger partial charge on any atom is 0.244 e. The molecule has 2 amide bonds. The Morgan fingerprint density at radius 3 is 2.22 bits per heavy atom. The van der Waals surface area contributed by atoms with Gasteiger partial charge in [0.1, 0.15) is 0 Å². The van der Waals surface area contributed by atoms with Gasteiger partial charge in [0.2, 0.25) is 19.1 Å². The lowest BCUT2D eigenvalue weighted by Crippen LogP contribution is -2.23. The highest BCUT2D eigenvalue weighted by Gasteiger charge is 2.09. The molecule has 5 rings (SSSR count). The van der Waals surface area contributed by atoms with Crippen molar-refractivity contribution >= 4 is 29.3 Å². The number of fused-ring (bicyclic) bond motifs is 2. The van der Waals surface area contributed by atoms with E-state index in [0.29, 0.717) is 19.7 Å². The third-order valence-electron chi connectivity index (χ3n) is 5.32. The summed E-state index contributed by atoms with van der Waals surface area (Å²) in [4.78, 5) is 24.3. The monoisotopic (exact) mass is 485 g/mol. The van der Waals surface area contributed by atoms with Crippen molar-refractivity contribution in [2.45, 2.75) is 13.3 Å². The average molecular weight is 486 g/mol. The summed E-state index contributed by atoms with van der Waals surface area (Å²) in [6.07, 6.45) is 4.85. The van der Waals surface area contributed by atoms with E-state index in [0.717, 1.165) is 29.0 Å². The lowest BCUT2D eigenvalue weighted by Gasteiger charge is -2.03. The fourth-order valence-corrected chi connectivity index (χ4v) is 3.61. The van der Waals surface area contributed by atoms with Crippen LogP contribution in [0.4, 0.5) is 0 Å². The Morgan fingerprint density at radius 1 is 0.944 bits per heavy atom. The largest absolute Gasteiger partial charge is 0.454 e. The average Bonchev–Trinajstić information content (AvgIpc) is 3.53. The molecule has 3 N–H and O–H groups in total. The molecule has 2 heterocycles. The first-order valence-electron chi connectivity index (χ1n) is 11.6. The molecule has 7 heteroatoms. The van der Waals surface area contributed by atoms with Crippen molar-refractivity contribution in [2.75, 3.05) is 20.4 Å². The van der Waals surface area contributed by atoms with Gasteiger partial charge in [-0.1, -0.05) is 60.7 Å². The highest BCUT2D eigenvalue weighted by molar-refractivity contribution is 5.91. The van der Waals surface area contributed by atoms with Crippen molar-refractivity contribution in [2.24, 2.45) is 0 Å². The summed E-state index contributed by atoms with van der Waals surface area (Å²) in [5, 5.41) is 6.43. The highest BCUT2D eigenvalue weighted by Crippen LogP contribution is 2.30. The lowest BCUT2D eigenvalue weighted by atomic mass is 10.1. The van der Waals surface area contributed by atoms with Crippen LogP contribution in [-0.2, 0) is 16.0 Å². The van der Waals surface area contributed by atoms with Crippen LogP contribution in [-0.4, -0.2) is 37.7 Å². The summed E-state index contributed by atoms with van der Waals surface area (Å²) >= 11 is 0. The Kier molecular flexibility index (Phi) is 10.2. The number of rotatable bonds is 6. The Balaban J connectivity index is 0.000000227. The summed E-state index contributed by atoms with van der Waals surface area (Å²) in [6, 6.07) is 25.7. The van der Waals surface area contributed by atoms with Gasteiger partial charge in [-0.2, -0.15) is 0 Å². The number of ether oxygens (including phenoxy) is 2. The molecule has 0 atom stereocenters. The molecule has 0 spiro atoms. The molecule has 186 valence electrons. The predicted octanol–water partition coefficient (Wildman–Crippen LogP) is 4.63. The molecule has 0 saturated carbocycles. The van der Waals surface area contributed by atoms with E-state index in [2.05, 4.69) is 34.7 Å². The van der Waals surface area contributed by atoms with Crippen LogP contribution < -0.4 is 20.1 Å². The van der Waals surface area contributed by atoms with Crippen molar-refractivity contribution in [3.8, 4) is 11.5 Å². The topological polar surface area (TPSA) is 92.5 Å². The van der Waals surface area contributed by atoms with Crippen LogP contribution >= 0.6 is 0 Å². The van der Waals surface area contributed by atoms with Crippen molar-refractivity contribution in [3.05, 3.63) is 102 Å². The van der Waals surface area contributed by atoms with Gasteiger partial charge < -0.3 is 25.1 Å². The van der Waals surface area contributed by atoms with E-state index in [4.69, 9.17) is 14.3 Å². The number of hydrogen-bond acceptors (Lipinski definition) is 4. The maximum atomic E-state index is 11.9. The van der Waals surface area contributed by atoms with Gasteiger partial charge in [0, 0.05) is 36.3 Å². The van der Waals surface area contributed by atoms with Crippen LogP contribution in [0, 0.1) is 6.92 Å². The molecule has 0 aliphatic carbocycles. The zero-order valence-electron chi connectivity index (χ0n) is 20.5. The summed E-state index contributed by atoms with van der Waals surface area (Å²) in [5.74, 6) is 1.63. The predicted molar refractivity (Wildman–Crippen MR) is 143 cm³/mol. The van der Waals surface area contributed by atoms with E-state index in [-0.39, 0.29) is 5.91 Å². The van der Waals surface area contributed by atoms with Crippen molar-refractivity contribution < 1.29 is 19.1 Å². The third-order valence-corrected chi connectivity index (χ3v) is 5.32. The standard InChI is InChI=1S/C20H20N2O.C7H6O2.C2H5NO/c1-15-17(18-9-5-6-10-19(18)22-15)13-14-21-20(23)12-11-16-7-3-2-4-8-16;1-2-4-7-6(3-1)8-5-9-7;1-3-2-4/h2-12,22H,13-14H2,1H3,(H,21,23);1-4H,5H2;2H,1H3,(H,3,4)/b12-11+;;. The number of H-pyrrole nitrogens is 1. The molecule has 36 heavy (non-hydrogen) atoms. The van der Waals surface area contributed by atoms with E-state index in [1.54, 1.807) is 13.1 Å². The minimum absolute atomic E-state index is 0.0636. The number of nitrogens with one attached hydrogen (secondary N) is 3. The Morgan fingerprint density at radius 2 is 1.56 bits per heavy atom. The van der Waals surface area contributed by atoms with Crippen LogP contribution in [0.15, 0.2) is 84.9 Å². The van der Waals surface area contributed by atoms with Crippen molar-refractivity contribution in [1.29, 1.82) is 0 Å². The van der Waals surface area contributed by atoms with Crippen LogP contribution in [0.2, 0.25) is 0 Å². The fourth-order valence-electron chi connectivity index (χ4n) is 3.61. The second kappa shape index (κ2) is 14.0. The summed E-state index contributed by atoms with van der Waals surface area (Å²) < 4.78 is 10.2. The van der Waals surface area contributed by atoms with Gasteiger partial charge >= 0.3 is 0 Å². The van der Waals surface area contributed by atoms with Crippen LogP contribution in [0.25, 0.3) is 17.0 Å². The molecule has 0 unspecified atom stereocenters. The number of benzene rings is 3. The molecule has 7 nitrogen and oxygen atoms in total. The van der Waals surface area contributed by atoms with E-state index in [1.165, 1.54) is 16.6 Å². The molecule has 1 aliphatic rings. The van der Waals surface area contributed by atoms with Crippen LogP contribution in [0.5, 0.6) is 11.5 Å². The number of amides is 2. The van der Waals surface area contributed by atoms with E-state index in [9.17, 15) is 4.79 Å². The van der Waals surface area contributed by atoms with Gasteiger partial charge in [0.25, 0.3) is 0 Å². The van der Waals surface area contributed by atoms with Crippen LogP contribution in [0.3, 0.4) is 0 Å². The van der Waals surface area contributed by atoms with Crippen molar-refractivity contribution in [3.63, 3.8) is 0 Å². The van der Waals surface area contributed by atoms with Crippen molar-refractivity contribution in [1.82, 2.24) is 15.6 Å². The smallest absolute Gasteiger partial charge is 0.244 e. The van der Waals surface area contributed by atoms with E-state index in [1.807, 2.05) is 72.8 Å². The molecule has 1 aliphatic heterocycles. The number of aromatic nitrogens is 1. The Bertz CT molecular complexity index is 1260. The molecular weight excluding hydrogens is 454 g/mol. The van der Waals surface area contributed by atoms with Gasteiger partial charge in [0.05, 0.1) is 0 Å². The SMILES string of the molecule is CNC=O.Cc1[nH]c2ccccc2c1CCNC(=O)/C=C/c1ccccc1.c1ccc2c(c1)OCO2. The minimum atomic E-state index is -0.0636. The molecule has 0 bridgehead atoms. The number of para-hydroxylation sites is 3. The first-order valence-corrected chi connectivity index (χ1v) is 11.6. The molecule has 4 aromatic rings. The van der Waals surface area contributed by atoms with Crippen LogP contribution in [0.1, 0.15) is 16.8 Å². The zero-order chi connectivity index (χ0) is 25.6. The molecule has 0 saturated heterocycles.